The van der Waals surface area contributed by atoms with Gasteiger partial charge in [-0.1, -0.05) is 46.4 Å². The van der Waals surface area contributed by atoms with Gasteiger partial charge in [0, 0.05) is 16.7 Å². The number of hydrogen-bond acceptors (Lipinski definition) is 6. The van der Waals surface area contributed by atoms with Crippen LogP contribution in [0.4, 0.5) is 0 Å². The maximum Gasteiger partial charge on any atom is 0.330 e. The number of aliphatic carboxylic acids is 3. The van der Waals surface area contributed by atoms with Crippen LogP contribution < -0.4 is 0 Å². The minimum atomic E-state index is -1.73. The van der Waals surface area contributed by atoms with Gasteiger partial charge in [0.2, 0.25) is 0 Å². The molecule has 0 fully saturated rings. The molecule has 0 saturated carbocycles. The van der Waals surface area contributed by atoms with E-state index in [0.29, 0.717) is 0 Å². The van der Waals surface area contributed by atoms with Crippen LogP contribution in [-0.2, 0) is 28.8 Å². The standard InChI is InChI=1S/C15H20O3.3C4H6O2/c1-8-15(12(16)9(2)3,13(17)10(4)5)14(18)11(6)7;3*1-3(2)4(5)6/h2,4,6,8H2,1,3,5,7H3;3*1H2,2H3,(H,5,6). The third kappa shape index (κ3) is 14.9. The summed E-state index contributed by atoms with van der Waals surface area (Å²) in [6, 6.07) is 0. The molecule has 3 N–H and O–H groups in total. The first-order chi connectivity index (χ1) is 16.1. The van der Waals surface area contributed by atoms with Crippen LogP contribution in [0.25, 0.3) is 0 Å². The molecule has 0 radical (unpaired) electrons. The van der Waals surface area contributed by atoms with Gasteiger partial charge in [-0.25, -0.2) is 14.4 Å². The van der Waals surface area contributed by atoms with E-state index >= 15 is 0 Å². The Morgan fingerprint density at radius 2 is 0.611 bits per heavy atom. The zero-order valence-electron chi connectivity index (χ0n) is 22.2. The quantitative estimate of drug-likeness (QED) is 0.280. The van der Waals surface area contributed by atoms with Gasteiger partial charge in [0.15, 0.2) is 22.8 Å². The van der Waals surface area contributed by atoms with Crippen LogP contribution in [0.2, 0.25) is 0 Å². The van der Waals surface area contributed by atoms with Gasteiger partial charge in [-0.05, 0) is 64.7 Å². The zero-order valence-corrected chi connectivity index (χ0v) is 22.2. The van der Waals surface area contributed by atoms with Crippen LogP contribution in [0, 0.1) is 5.41 Å². The Balaban J connectivity index is -0.000000231. The van der Waals surface area contributed by atoms with Crippen molar-refractivity contribution in [2.24, 2.45) is 5.41 Å². The van der Waals surface area contributed by atoms with Crippen molar-refractivity contribution < 1.29 is 44.1 Å². The molecule has 0 aliphatic rings. The number of rotatable bonds is 10. The molecule has 200 valence electrons. The summed E-state index contributed by atoms with van der Waals surface area (Å²) in [5.74, 6) is -4.46. The molecule has 0 heterocycles. The molecule has 36 heavy (non-hydrogen) atoms. The second-order valence-electron chi connectivity index (χ2n) is 7.84. The Labute approximate surface area is 212 Å². The number of Topliss-reactive ketones (excluding diaryl/α,β-unsaturated/α-hetero) is 3. The summed E-state index contributed by atoms with van der Waals surface area (Å²) in [4.78, 5) is 65.6. The van der Waals surface area contributed by atoms with Crippen molar-refractivity contribution in [1.29, 1.82) is 0 Å². The number of carboxylic acid groups (broad SMARTS) is 3. The minimum absolute atomic E-state index is 0.0794. The van der Waals surface area contributed by atoms with Crippen LogP contribution in [0.3, 0.4) is 0 Å². The summed E-state index contributed by atoms with van der Waals surface area (Å²) >= 11 is 0. The molecule has 0 aliphatic carbocycles. The second kappa shape index (κ2) is 18.2. The van der Waals surface area contributed by atoms with E-state index in [2.05, 4.69) is 39.5 Å². The van der Waals surface area contributed by atoms with Crippen molar-refractivity contribution in [2.75, 3.05) is 0 Å². The van der Waals surface area contributed by atoms with Gasteiger partial charge < -0.3 is 15.3 Å². The highest BCUT2D eigenvalue weighted by Gasteiger charge is 2.50. The van der Waals surface area contributed by atoms with E-state index in [9.17, 15) is 28.8 Å². The van der Waals surface area contributed by atoms with E-state index in [4.69, 9.17) is 15.3 Å². The second-order valence-corrected chi connectivity index (χ2v) is 7.84. The van der Waals surface area contributed by atoms with E-state index in [-0.39, 0.29) is 39.9 Å². The fourth-order valence-corrected chi connectivity index (χ4v) is 1.88. The SMILES string of the molecule is C=C(C)C(=O)C(CC)(C(=O)C(=C)C)C(=O)C(=C)C.C=C(C)C(=O)O.C=C(C)C(=O)O.C=C(C)C(=O)O. The Hall–Kier alpha value is -4.14. The number of carbonyl (C=O) groups excluding carboxylic acids is 3. The van der Waals surface area contributed by atoms with Crippen molar-refractivity contribution in [2.45, 2.75) is 54.9 Å². The van der Waals surface area contributed by atoms with Crippen LogP contribution >= 0.6 is 0 Å². The molecule has 0 rings (SSSR count). The highest BCUT2D eigenvalue weighted by Crippen LogP contribution is 2.33. The molecule has 0 aromatic heterocycles. The van der Waals surface area contributed by atoms with Gasteiger partial charge in [0.1, 0.15) is 0 Å². The van der Waals surface area contributed by atoms with Gasteiger partial charge in [-0.15, -0.1) is 0 Å². The van der Waals surface area contributed by atoms with Gasteiger partial charge in [-0.2, -0.15) is 0 Å². The number of carboxylic acids is 3. The van der Waals surface area contributed by atoms with Gasteiger partial charge in [-0.3, -0.25) is 14.4 Å². The Morgan fingerprint density at radius 3 is 0.667 bits per heavy atom. The van der Waals surface area contributed by atoms with E-state index < -0.39 is 40.7 Å². The normalized spacial score (nSPS) is 9.08. The average Bonchev–Trinajstić information content (AvgIpc) is 2.74. The fraction of sp³-hybridized carbons (Fsp3) is 0.333. The van der Waals surface area contributed by atoms with E-state index in [1.54, 1.807) is 6.92 Å². The van der Waals surface area contributed by atoms with Gasteiger partial charge in [0.25, 0.3) is 0 Å². The third-order valence-electron chi connectivity index (χ3n) is 3.95. The van der Waals surface area contributed by atoms with Gasteiger partial charge >= 0.3 is 17.9 Å². The van der Waals surface area contributed by atoms with Crippen molar-refractivity contribution in [3.63, 3.8) is 0 Å². The molecule has 0 amide bonds. The fourth-order valence-electron chi connectivity index (χ4n) is 1.88. The van der Waals surface area contributed by atoms with E-state index in [0.717, 1.165) is 0 Å². The summed E-state index contributed by atoms with van der Waals surface area (Å²) < 4.78 is 0. The zero-order chi connectivity index (χ0) is 30.1. The first-order valence-electron chi connectivity index (χ1n) is 10.3. The van der Waals surface area contributed by atoms with E-state index in [1.165, 1.54) is 41.5 Å². The average molecular weight is 507 g/mol. The first-order valence-corrected chi connectivity index (χ1v) is 10.3. The number of hydrogen-bond donors (Lipinski definition) is 3. The van der Waals surface area contributed by atoms with Crippen molar-refractivity contribution in [3.8, 4) is 0 Å². The Morgan fingerprint density at radius 1 is 0.472 bits per heavy atom. The summed E-state index contributed by atoms with van der Waals surface area (Å²) in [5, 5.41) is 23.7. The van der Waals surface area contributed by atoms with Crippen LogP contribution in [0.15, 0.2) is 72.9 Å². The summed E-state index contributed by atoms with van der Waals surface area (Å²) in [5.41, 5.74) is -0.660. The molecular formula is C27H38O9. The molecule has 0 bridgehead atoms. The maximum atomic E-state index is 12.3. The van der Waals surface area contributed by atoms with E-state index in [1.807, 2.05) is 0 Å². The molecule has 0 spiro atoms. The van der Waals surface area contributed by atoms with Crippen molar-refractivity contribution >= 4 is 35.3 Å². The predicted octanol–water partition coefficient (Wildman–Crippen LogP) is 4.76. The lowest BCUT2D eigenvalue weighted by Crippen LogP contribution is -2.47. The molecule has 0 atom stereocenters. The third-order valence-corrected chi connectivity index (χ3v) is 3.95. The summed E-state index contributed by atoms with van der Waals surface area (Å²) in [6.45, 7) is 30.5. The highest BCUT2D eigenvalue weighted by molar-refractivity contribution is 6.34. The predicted molar refractivity (Wildman–Crippen MR) is 140 cm³/mol. The molecule has 0 aliphatic heterocycles. The highest BCUT2D eigenvalue weighted by atomic mass is 16.4. The molecular weight excluding hydrogens is 468 g/mol. The monoisotopic (exact) mass is 506 g/mol. The Kier molecular flexibility index (Phi) is 19.8. The molecule has 0 aromatic rings. The molecule has 0 aromatic carbocycles. The van der Waals surface area contributed by atoms with Crippen LogP contribution in [-0.4, -0.2) is 50.6 Å². The number of ketones is 3. The molecule has 0 unspecified atom stereocenters. The lowest BCUT2D eigenvalue weighted by molar-refractivity contribution is -0.144. The smallest absolute Gasteiger partial charge is 0.330 e. The number of allylic oxidation sites excluding steroid dienone is 3. The van der Waals surface area contributed by atoms with Crippen molar-refractivity contribution in [3.05, 3.63) is 72.9 Å². The first kappa shape index (κ1) is 39.1. The Bertz CT molecular complexity index is 818. The lowest BCUT2D eigenvalue weighted by atomic mass is 9.68. The lowest BCUT2D eigenvalue weighted by Gasteiger charge is -2.28. The molecule has 9 nitrogen and oxygen atoms in total. The summed E-state index contributed by atoms with van der Waals surface area (Å²) in [7, 11) is 0. The largest absolute Gasteiger partial charge is 0.478 e. The maximum absolute atomic E-state index is 12.3. The number of carbonyl (C=O) groups is 6. The molecule has 9 heteroatoms. The molecule has 0 saturated heterocycles. The van der Waals surface area contributed by atoms with Crippen LogP contribution in [0.1, 0.15) is 54.9 Å². The van der Waals surface area contributed by atoms with Gasteiger partial charge in [0.05, 0.1) is 0 Å². The van der Waals surface area contributed by atoms with Crippen molar-refractivity contribution in [1.82, 2.24) is 0 Å². The van der Waals surface area contributed by atoms with Crippen LogP contribution in [0.5, 0.6) is 0 Å². The topological polar surface area (TPSA) is 163 Å². The minimum Gasteiger partial charge on any atom is -0.478 e. The summed E-state index contributed by atoms with van der Waals surface area (Å²) in [6.07, 6.45) is 0.0794.